The van der Waals surface area contributed by atoms with E-state index >= 15 is 0 Å². The number of thioether (sulfide) groups is 1. The van der Waals surface area contributed by atoms with Gasteiger partial charge in [0.15, 0.2) is 0 Å². The number of aromatic nitrogens is 1. The summed E-state index contributed by atoms with van der Waals surface area (Å²) < 4.78 is 1.56. The summed E-state index contributed by atoms with van der Waals surface area (Å²) in [5, 5.41) is 9.05. The molecule has 1 heterocycles. The lowest BCUT2D eigenvalue weighted by atomic mass is 10.1. The number of carbonyl (C=O) groups is 1. The minimum absolute atomic E-state index is 0.108. The highest BCUT2D eigenvalue weighted by Gasteiger charge is 2.15. The van der Waals surface area contributed by atoms with Crippen molar-refractivity contribution in [1.29, 1.82) is 0 Å². The van der Waals surface area contributed by atoms with Crippen LogP contribution in [0.3, 0.4) is 0 Å². The monoisotopic (exact) mass is 269 g/mol. The zero-order valence-corrected chi connectivity index (χ0v) is 11.8. The van der Waals surface area contributed by atoms with Crippen molar-refractivity contribution in [3.8, 4) is 0 Å². The number of pyridine rings is 1. The van der Waals surface area contributed by atoms with E-state index in [4.69, 9.17) is 5.11 Å². The molecule has 0 saturated heterocycles. The first kappa shape index (κ1) is 14.8. The van der Waals surface area contributed by atoms with E-state index in [1.165, 1.54) is 0 Å². The molecule has 0 radical (unpaired) electrons. The van der Waals surface area contributed by atoms with Crippen LogP contribution in [0.1, 0.15) is 35.0 Å². The minimum Gasteiger partial charge on any atom is -0.477 e. The Morgan fingerprint density at radius 2 is 2.11 bits per heavy atom. The van der Waals surface area contributed by atoms with Gasteiger partial charge in [0.2, 0.25) is 0 Å². The first-order valence-corrected chi connectivity index (χ1v) is 7.16. The van der Waals surface area contributed by atoms with Gasteiger partial charge in [-0.2, -0.15) is 11.8 Å². The van der Waals surface area contributed by atoms with E-state index in [0.29, 0.717) is 12.1 Å². The summed E-state index contributed by atoms with van der Waals surface area (Å²) in [7, 11) is 0. The smallest absolute Gasteiger partial charge is 0.341 e. The van der Waals surface area contributed by atoms with E-state index in [2.05, 4.69) is 6.92 Å². The molecule has 1 rings (SSSR count). The van der Waals surface area contributed by atoms with Crippen LogP contribution in [0.2, 0.25) is 0 Å². The number of nitrogens with zero attached hydrogens (tertiary/aromatic N) is 1. The topological polar surface area (TPSA) is 59.3 Å². The molecule has 0 amide bonds. The lowest BCUT2D eigenvalue weighted by Crippen LogP contribution is -2.29. The second kappa shape index (κ2) is 6.64. The molecule has 0 aliphatic heterocycles. The maximum Gasteiger partial charge on any atom is 0.341 e. The van der Waals surface area contributed by atoms with E-state index in [9.17, 15) is 9.59 Å². The fraction of sp³-hybridized carbons (Fsp3) is 0.538. The summed E-state index contributed by atoms with van der Waals surface area (Å²) in [6, 6.07) is 1.76. The van der Waals surface area contributed by atoms with Crippen molar-refractivity contribution in [2.24, 2.45) is 0 Å². The van der Waals surface area contributed by atoms with Crippen molar-refractivity contribution in [2.75, 3.05) is 11.5 Å². The van der Waals surface area contributed by atoms with Crippen molar-refractivity contribution in [1.82, 2.24) is 4.57 Å². The van der Waals surface area contributed by atoms with E-state index in [1.54, 1.807) is 17.6 Å². The Hall–Kier alpha value is -1.23. The number of carboxylic acid groups (broad SMARTS) is 1. The number of carboxylic acids is 1. The molecule has 0 aliphatic carbocycles. The Balaban J connectivity index is 3.01. The average Bonchev–Trinajstić information content (AvgIpc) is 2.26. The van der Waals surface area contributed by atoms with Gasteiger partial charge in [-0.05, 0) is 43.4 Å². The lowest BCUT2D eigenvalue weighted by molar-refractivity contribution is 0.0693. The fourth-order valence-corrected chi connectivity index (χ4v) is 2.56. The highest BCUT2D eigenvalue weighted by Crippen LogP contribution is 2.08. The molecular formula is C13H19NO3S. The summed E-state index contributed by atoms with van der Waals surface area (Å²) in [6.07, 6.45) is 0.876. The Morgan fingerprint density at radius 1 is 1.44 bits per heavy atom. The van der Waals surface area contributed by atoms with E-state index in [1.807, 2.05) is 18.7 Å². The van der Waals surface area contributed by atoms with Gasteiger partial charge in [-0.15, -0.1) is 0 Å². The Labute approximate surface area is 111 Å². The molecule has 100 valence electrons. The van der Waals surface area contributed by atoms with Gasteiger partial charge in [0, 0.05) is 12.2 Å². The number of hydrogen-bond donors (Lipinski definition) is 1. The van der Waals surface area contributed by atoms with Gasteiger partial charge in [-0.1, -0.05) is 6.92 Å². The van der Waals surface area contributed by atoms with E-state index < -0.39 is 5.97 Å². The van der Waals surface area contributed by atoms with Gasteiger partial charge in [-0.3, -0.25) is 4.79 Å². The molecule has 0 bridgehead atoms. The second-order valence-electron chi connectivity index (χ2n) is 4.16. The molecule has 1 aromatic heterocycles. The van der Waals surface area contributed by atoms with Crippen LogP contribution in [0.15, 0.2) is 10.9 Å². The summed E-state index contributed by atoms with van der Waals surface area (Å²) in [4.78, 5) is 23.2. The quantitative estimate of drug-likeness (QED) is 0.805. The van der Waals surface area contributed by atoms with Crippen LogP contribution in [0.5, 0.6) is 0 Å². The van der Waals surface area contributed by atoms with Gasteiger partial charge >= 0.3 is 5.97 Å². The summed E-state index contributed by atoms with van der Waals surface area (Å²) in [5.74, 6) is 0.898. The molecule has 1 aromatic rings. The Bertz CT molecular complexity index is 494. The molecule has 0 aliphatic rings. The first-order valence-electron chi connectivity index (χ1n) is 6.01. The van der Waals surface area contributed by atoms with Gasteiger partial charge < -0.3 is 9.67 Å². The molecule has 0 spiro atoms. The van der Waals surface area contributed by atoms with Crippen LogP contribution in [-0.4, -0.2) is 27.1 Å². The maximum atomic E-state index is 12.1. The van der Waals surface area contributed by atoms with Crippen LogP contribution in [0.25, 0.3) is 0 Å². The number of aromatic carboxylic acids is 1. The summed E-state index contributed by atoms with van der Waals surface area (Å²) in [5.41, 5.74) is 0.860. The average molecular weight is 269 g/mol. The fourth-order valence-electron chi connectivity index (χ4n) is 1.93. The normalized spacial score (nSPS) is 10.6. The zero-order valence-electron chi connectivity index (χ0n) is 11.0. The third kappa shape index (κ3) is 3.38. The standard InChI is InChI=1S/C13H19NO3S/c1-4-18-7-5-6-14-10(3)8-9(2)11(12(14)15)13(16)17/h8H,4-7H2,1-3H3,(H,16,17). The minimum atomic E-state index is -1.14. The highest BCUT2D eigenvalue weighted by molar-refractivity contribution is 7.99. The van der Waals surface area contributed by atoms with Crippen molar-refractivity contribution >= 4 is 17.7 Å². The largest absolute Gasteiger partial charge is 0.477 e. The second-order valence-corrected chi connectivity index (χ2v) is 5.55. The Morgan fingerprint density at radius 3 is 2.67 bits per heavy atom. The van der Waals surface area contributed by atoms with Gasteiger partial charge in [-0.25, -0.2) is 4.79 Å². The van der Waals surface area contributed by atoms with Crippen molar-refractivity contribution < 1.29 is 9.90 Å². The van der Waals surface area contributed by atoms with Crippen LogP contribution >= 0.6 is 11.8 Å². The van der Waals surface area contributed by atoms with E-state index in [0.717, 1.165) is 23.6 Å². The van der Waals surface area contributed by atoms with Crippen molar-refractivity contribution in [2.45, 2.75) is 33.7 Å². The third-order valence-electron chi connectivity index (χ3n) is 2.79. The molecule has 0 unspecified atom stereocenters. The van der Waals surface area contributed by atoms with Crippen LogP contribution in [-0.2, 0) is 6.54 Å². The van der Waals surface area contributed by atoms with Crippen LogP contribution in [0, 0.1) is 13.8 Å². The number of rotatable bonds is 6. The van der Waals surface area contributed by atoms with Gasteiger partial charge in [0.25, 0.3) is 5.56 Å². The van der Waals surface area contributed by atoms with E-state index in [-0.39, 0.29) is 11.1 Å². The zero-order chi connectivity index (χ0) is 13.7. The Kier molecular flexibility index (Phi) is 5.47. The molecule has 0 fully saturated rings. The van der Waals surface area contributed by atoms with Crippen LogP contribution in [0.4, 0.5) is 0 Å². The molecule has 1 N–H and O–H groups in total. The van der Waals surface area contributed by atoms with Crippen molar-refractivity contribution in [3.63, 3.8) is 0 Å². The predicted octanol–water partition coefficient (Wildman–Crippen LogP) is 2.31. The summed E-state index contributed by atoms with van der Waals surface area (Å²) in [6.45, 7) is 6.18. The van der Waals surface area contributed by atoms with Gasteiger partial charge in [0.05, 0.1) is 0 Å². The van der Waals surface area contributed by atoms with Crippen LogP contribution < -0.4 is 5.56 Å². The molecule has 0 aromatic carbocycles. The molecule has 0 saturated carbocycles. The predicted molar refractivity (Wildman–Crippen MR) is 74.8 cm³/mol. The number of aryl methyl sites for hydroxylation is 2. The highest BCUT2D eigenvalue weighted by atomic mass is 32.2. The van der Waals surface area contributed by atoms with Gasteiger partial charge in [0.1, 0.15) is 5.56 Å². The SMILES string of the molecule is CCSCCCn1c(C)cc(C)c(C(=O)O)c1=O. The lowest BCUT2D eigenvalue weighted by Gasteiger charge is -2.12. The summed E-state index contributed by atoms with van der Waals surface area (Å²) >= 11 is 1.82. The first-order chi connectivity index (χ1) is 8.49. The molecule has 5 heteroatoms. The molecular weight excluding hydrogens is 250 g/mol. The van der Waals surface area contributed by atoms with Crippen molar-refractivity contribution in [3.05, 3.63) is 33.2 Å². The third-order valence-corrected chi connectivity index (χ3v) is 3.78. The number of hydrogen-bond acceptors (Lipinski definition) is 3. The molecule has 4 nitrogen and oxygen atoms in total. The molecule has 0 atom stereocenters. The molecule has 18 heavy (non-hydrogen) atoms. The maximum absolute atomic E-state index is 12.1.